The fourth-order valence-corrected chi connectivity index (χ4v) is 10.2. The molecule has 4 heteroatoms. The molecule has 64 heavy (non-hydrogen) atoms. The van der Waals surface area contributed by atoms with Crippen molar-refractivity contribution in [2.24, 2.45) is 0 Å². The van der Waals surface area contributed by atoms with Gasteiger partial charge in [0.15, 0.2) is 0 Å². The van der Waals surface area contributed by atoms with Crippen molar-refractivity contribution in [3.8, 4) is 17.1 Å². The highest BCUT2D eigenvalue weighted by molar-refractivity contribution is 6.11. The molecule has 9 aromatic carbocycles. The van der Waals surface area contributed by atoms with Gasteiger partial charge in [-0.1, -0.05) is 113 Å². The first kappa shape index (κ1) is 37.9. The second-order valence-electron chi connectivity index (χ2n) is 17.8. The largest absolute Gasteiger partial charge is 0.310 e. The number of rotatable bonds is 8. The van der Waals surface area contributed by atoms with Gasteiger partial charge < -0.3 is 18.6 Å². The number of hydrogen-bond acceptors (Lipinski definition) is 1. The van der Waals surface area contributed by atoms with Crippen molar-refractivity contribution in [1.29, 1.82) is 0 Å². The maximum Gasteiger partial charge on any atom is 0.0541 e. The summed E-state index contributed by atoms with van der Waals surface area (Å²) >= 11 is 0. The quantitative estimate of drug-likeness (QED) is 0.149. The Morgan fingerprint density at radius 2 is 0.547 bits per heavy atom. The van der Waals surface area contributed by atoms with Crippen molar-refractivity contribution in [2.75, 3.05) is 4.90 Å². The van der Waals surface area contributed by atoms with Crippen molar-refractivity contribution < 1.29 is 0 Å². The predicted octanol–water partition coefficient (Wildman–Crippen LogP) is 16.7. The van der Waals surface area contributed by atoms with Crippen LogP contribution in [0, 0.1) is 0 Å². The van der Waals surface area contributed by atoms with Gasteiger partial charge in [-0.25, -0.2) is 0 Å². The molecule has 0 spiro atoms. The Labute approximate surface area is 373 Å². The summed E-state index contributed by atoms with van der Waals surface area (Å²) in [6.45, 7) is 9.07. The van der Waals surface area contributed by atoms with Gasteiger partial charge in [-0.15, -0.1) is 0 Å². The fraction of sp³-hybridized carbons (Fsp3) is 0.100. The lowest BCUT2D eigenvalue weighted by atomic mass is 10.0. The van der Waals surface area contributed by atoms with Gasteiger partial charge in [0.25, 0.3) is 0 Å². The van der Waals surface area contributed by atoms with Crippen LogP contribution in [0.1, 0.15) is 50.7 Å². The molecule has 3 heterocycles. The molecule has 308 valence electrons. The number of anilines is 3. The molecule has 0 bridgehead atoms. The summed E-state index contributed by atoms with van der Waals surface area (Å²) < 4.78 is 7.20. The van der Waals surface area contributed by atoms with Gasteiger partial charge in [0, 0.05) is 66.4 Å². The van der Waals surface area contributed by atoms with Crippen LogP contribution in [0.4, 0.5) is 17.1 Å². The van der Waals surface area contributed by atoms with E-state index in [-0.39, 0.29) is 0 Å². The van der Waals surface area contributed by atoms with E-state index >= 15 is 0 Å². The van der Waals surface area contributed by atoms with Crippen LogP contribution in [0.25, 0.3) is 82.5 Å². The molecule has 12 aromatic rings. The van der Waals surface area contributed by atoms with E-state index in [1.807, 2.05) is 0 Å². The SMILES string of the molecule is CC(C)c1ccc2c(c1)c1ccccc1n2-c1ccc(N(c2ccc(-n3c4ccccc4c4ccccc43)cc2)c2ccc(-n3c4ccccc4c4cc(C(C)C)ccc43)cc2)cc1. The van der Waals surface area contributed by atoms with Crippen molar-refractivity contribution in [3.63, 3.8) is 0 Å². The highest BCUT2D eigenvalue weighted by Crippen LogP contribution is 2.41. The van der Waals surface area contributed by atoms with Crippen LogP contribution in [0.2, 0.25) is 0 Å². The van der Waals surface area contributed by atoms with Crippen LogP contribution in [-0.4, -0.2) is 13.7 Å². The molecule has 0 fully saturated rings. The molecule has 0 atom stereocenters. The summed E-state index contributed by atoms with van der Waals surface area (Å²) in [6.07, 6.45) is 0. The maximum atomic E-state index is 2.41. The third-order valence-corrected chi connectivity index (χ3v) is 13.4. The van der Waals surface area contributed by atoms with E-state index in [1.165, 1.54) is 76.5 Å². The second kappa shape index (κ2) is 14.9. The van der Waals surface area contributed by atoms with Gasteiger partial charge in [0.2, 0.25) is 0 Å². The second-order valence-corrected chi connectivity index (χ2v) is 17.8. The summed E-state index contributed by atoms with van der Waals surface area (Å²) in [5.41, 5.74) is 16.6. The van der Waals surface area contributed by atoms with Crippen LogP contribution >= 0.6 is 0 Å². The Hall–Kier alpha value is -7.82. The van der Waals surface area contributed by atoms with E-state index in [0.717, 1.165) is 34.1 Å². The molecule has 0 N–H and O–H groups in total. The van der Waals surface area contributed by atoms with Gasteiger partial charge in [0.05, 0.1) is 33.1 Å². The number of benzene rings is 9. The van der Waals surface area contributed by atoms with E-state index < -0.39 is 0 Å². The molecular weight excluding hydrogens is 777 g/mol. The average Bonchev–Trinajstić information content (AvgIpc) is 3.98. The number of nitrogens with zero attached hydrogens (tertiary/aromatic N) is 4. The maximum absolute atomic E-state index is 2.41. The summed E-state index contributed by atoms with van der Waals surface area (Å²) in [5.74, 6) is 0.920. The van der Waals surface area contributed by atoms with E-state index in [2.05, 4.69) is 253 Å². The average molecular weight is 825 g/mol. The Bertz CT molecular complexity index is 3490. The van der Waals surface area contributed by atoms with Crippen LogP contribution in [0.5, 0.6) is 0 Å². The van der Waals surface area contributed by atoms with Gasteiger partial charge in [-0.05, 0) is 144 Å². The normalized spacial score (nSPS) is 12.0. The van der Waals surface area contributed by atoms with E-state index in [4.69, 9.17) is 0 Å². The topological polar surface area (TPSA) is 18.0 Å². The van der Waals surface area contributed by atoms with E-state index in [0.29, 0.717) is 11.8 Å². The smallest absolute Gasteiger partial charge is 0.0541 e. The van der Waals surface area contributed by atoms with Crippen LogP contribution in [-0.2, 0) is 0 Å². The summed E-state index contributed by atoms with van der Waals surface area (Å²) in [6, 6.07) is 76.1. The minimum absolute atomic E-state index is 0.460. The Morgan fingerprint density at radius 1 is 0.281 bits per heavy atom. The molecule has 0 aliphatic carbocycles. The highest BCUT2D eigenvalue weighted by Gasteiger charge is 2.19. The lowest BCUT2D eigenvalue weighted by Gasteiger charge is -2.26. The Kier molecular flexibility index (Phi) is 8.84. The predicted molar refractivity (Wildman–Crippen MR) is 272 cm³/mol. The fourth-order valence-electron chi connectivity index (χ4n) is 10.2. The number of fused-ring (bicyclic) bond motifs is 9. The van der Waals surface area contributed by atoms with Crippen molar-refractivity contribution in [1.82, 2.24) is 13.7 Å². The van der Waals surface area contributed by atoms with E-state index in [9.17, 15) is 0 Å². The molecule has 0 saturated heterocycles. The summed E-state index contributed by atoms with van der Waals surface area (Å²) in [4.78, 5) is 2.38. The molecular formula is C60H48N4. The van der Waals surface area contributed by atoms with Gasteiger partial charge >= 0.3 is 0 Å². The van der Waals surface area contributed by atoms with Gasteiger partial charge in [-0.3, -0.25) is 0 Å². The Balaban J connectivity index is 0.990. The van der Waals surface area contributed by atoms with Gasteiger partial charge in [0.1, 0.15) is 0 Å². The summed E-state index contributed by atoms with van der Waals surface area (Å²) in [7, 11) is 0. The Morgan fingerprint density at radius 3 is 0.844 bits per heavy atom. The lowest BCUT2D eigenvalue weighted by molar-refractivity contribution is 0.868. The molecule has 0 saturated carbocycles. The van der Waals surface area contributed by atoms with Crippen LogP contribution in [0.15, 0.2) is 206 Å². The number of para-hydroxylation sites is 4. The standard InChI is InChI=1S/C60H48N4/c1-39(2)41-21-35-59-53(37-41)51-15-7-11-19-57(51)63(59)47-31-25-44(26-32-47)61(43-23-29-46(30-24-43)62-55-17-9-5-13-49(55)50-14-6-10-18-56(50)62)45-27-33-48(34-28-45)64-58-20-12-8-16-52(58)54-38-42(40(3)4)22-36-60(54)64/h5-40H,1-4H3. The van der Waals surface area contributed by atoms with Crippen LogP contribution in [0.3, 0.4) is 0 Å². The summed E-state index contributed by atoms with van der Waals surface area (Å²) in [5, 5.41) is 7.65. The van der Waals surface area contributed by atoms with Crippen molar-refractivity contribution >= 4 is 82.5 Å². The van der Waals surface area contributed by atoms with Gasteiger partial charge in [-0.2, -0.15) is 0 Å². The first-order valence-electron chi connectivity index (χ1n) is 22.6. The van der Waals surface area contributed by atoms with Crippen molar-refractivity contribution in [3.05, 3.63) is 217 Å². The lowest BCUT2D eigenvalue weighted by Crippen LogP contribution is -2.10. The molecule has 0 amide bonds. The van der Waals surface area contributed by atoms with Crippen molar-refractivity contribution in [2.45, 2.75) is 39.5 Å². The number of hydrogen-bond donors (Lipinski definition) is 0. The highest BCUT2D eigenvalue weighted by atomic mass is 15.1. The molecule has 0 unspecified atom stereocenters. The molecule has 4 nitrogen and oxygen atoms in total. The molecule has 0 aliphatic rings. The van der Waals surface area contributed by atoms with E-state index in [1.54, 1.807) is 0 Å². The first-order valence-corrected chi connectivity index (χ1v) is 22.6. The number of aromatic nitrogens is 3. The molecule has 0 radical (unpaired) electrons. The zero-order chi connectivity index (χ0) is 43.1. The molecule has 0 aliphatic heterocycles. The minimum Gasteiger partial charge on any atom is -0.310 e. The third-order valence-electron chi connectivity index (χ3n) is 13.4. The zero-order valence-corrected chi connectivity index (χ0v) is 36.6. The zero-order valence-electron chi connectivity index (χ0n) is 36.6. The van der Waals surface area contributed by atoms with Crippen LogP contribution < -0.4 is 4.90 Å². The monoisotopic (exact) mass is 824 g/mol. The third kappa shape index (κ3) is 5.97. The first-order chi connectivity index (χ1) is 31.4. The minimum atomic E-state index is 0.460. The molecule has 12 rings (SSSR count). The molecule has 3 aromatic heterocycles.